The van der Waals surface area contributed by atoms with E-state index in [9.17, 15) is 0 Å². The van der Waals surface area contributed by atoms with Gasteiger partial charge in [0.25, 0.3) is 0 Å². The molecule has 0 bridgehead atoms. The zero-order valence-corrected chi connectivity index (χ0v) is 13.0. The molecule has 19 heavy (non-hydrogen) atoms. The molecule has 1 aromatic carbocycles. The zero-order valence-electron chi connectivity index (χ0n) is 12.2. The monoisotopic (exact) mass is 280 g/mol. The van der Waals surface area contributed by atoms with Crippen molar-refractivity contribution < 1.29 is 0 Å². The minimum atomic E-state index is 0.203. The van der Waals surface area contributed by atoms with E-state index in [4.69, 9.17) is 11.6 Å². The second-order valence-corrected chi connectivity index (χ2v) is 6.96. The van der Waals surface area contributed by atoms with Crippen LogP contribution in [0.4, 0.5) is 0 Å². The smallest absolute Gasteiger partial charge is 0.0406 e. The highest BCUT2D eigenvalue weighted by Crippen LogP contribution is 2.21. The van der Waals surface area contributed by atoms with E-state index in [1.807, 2.05) is 12.1 Å². The molecule has 2 nitrogen and oxygen atoms in total. The van der Waals surface area contributed by atoms with Crippen LogP contribution >= 0.6 is 11.6 Å². The first-order chi connectivity index (χ1) is 8.94. The maximum absolute atomic E-state index is 5.93. The molecule has 1 saturated heterocycles. The molecule has 0 amide bonds. The highest BCUT2D eigenvalue weighted by Gasteiger charge is 2.25. The number of likely N-dealkylation sites (tertiary alicyclic amines) is 1. The third-order valence-corrected chi connectivity index (χ3v) is 3.92. The van der Waals surface area contributed by atoms with Crippen molar-refractivity contribution in [3.8, 4) is 0 Å². The second kappa shape index (κ2) is 6.25. The minimum absolute atomic E-state index is 0.203. The first-order valence-corrected chi connectivity index (χ1v) is 7.55. The molecule has 1 N–H and O–H groups in total. The molecule has 2 rings (SSSR count). The number of nitrogens with one attached hydrogen (secondary N) is 1. The fraction of sp³-hybridized carbons (Fsp3) is 0.625. The summed E-state index contributed by atoms with van der Waals surface area (Å²) in [5.41, 5.74) is 1.56. The lowest BCUT2D eigenvalue weighted by atomic mass is 10.1. The first kappa shape index (κ1) is 14.8. The van der Waals surface area contributed by atoms with Gasteiger partial charge in [0, 0.05) is 29.7 Å². The normalized spacial score (nSPS) is 20.9. The van der Waals surface area contributed by atoms with Gasteiger partial charge in [-0.25, -0.2) is 0 Å². The first-order valence-electron chi connectivity index (χ1n) is 7.17. The molecule has 1 aliphatic heterocycles. The van der Waals surface area contributed by atoms with Gasteiger partial charge in [-0.3, -0.25) is 4.90 Å². The molecular weight excluding hydrogens is 256 g/mol. The molecule has 1 fully saturated rings. The van der Waals surface area contributed by atoms with E-state index < -0.39 is 0 Å². The van der Waals surface area contributed by atoms with Crippen LogP contribution in [-0.4, -0.2) is 29.6 Å². The predicted molar refractivity (Wildman–Crippen MR) is 82.6 cm³/mol. The van der Waals surface area contributed by atoms with Crippen molar-refractivity contribution in [2.45, 2.75) is 51.7 Å². The summed E-state index contributed by atoms with van der Waals surface area (Å²) in [6.07, 6.45) is 2.61. The summed E-state index contributed by atoms with van der Waals surface area (Å²) >= 11 is 5.93. The zero-order chi connectivity index (χ0) is 13.9. The number of benzene rings is 1. The Morgan fingerprint density at radius 3 is 2.58 bits per heavy atom. The van der Waals surface area contributed by atoms with E-state index in [2.05, 4.69) is 43.1 Å². The SMILES string of the molecule is CC(C)(C)NCC1CCCN1Cc1ccc(Cl)cc1. The number of hydrogen-bond acceptors (Lipinski definition) is 2. The van der Waals surface area contributed by atoms with Crippen molar-refractivity contribution in [1.82, 2.24) is 10.2 Å². The van der Waals surface area contributed by atoms with E-state index in [0.717, 1.165) is 18.1 Å². The van der Waals surface area contributed by atoms with Crippen LogP contribution in [0, 0.1) is 0 Å². The molecular formula is C16H25ClN2. The average Bonchev–Trinajstić information content (AvgIpc) is 2.76. The molecule has 1 atom stereocenters. The number of nitrogens with zero attached hydrogens (tertiary/aromatic N) is 1. The van der Waals surface area contributed by atoms with Crippen LogP contribution in [0.15, 0.2) is 24.3 Å². The molecule has 1 heterocycles. The lowest BCUT2D eigenvalue weighted by Gasteiger charge is -2.29. The number of halogens is 1. The molecule has 0 aliphatic carbocycles. The van der Waals surface area contributed by atoms with Crippen LogP contribution in [-0.2, 0) is 6.54 Å². The van der Waals surface area contributed by atoms with E-state index in [1.165, 1.54) is 24.9 Å². The molecule has 1 aliphatic rings. The van der Waals surface area contributed by atoms with Gasteiger partial charge >= 0.3 is 0 Å². The van der Waals surface area contributed by atoms with Crippen molar-refractivity contribution in [2.75, 3.05) is 13.1 Å². The quantitative estimate of drug-likeness (QED) is 0.905. The largest absolute Gasteiger partial charge is 0.311 e. The van der Waals surface area contributed by atoms with Gasteiger partial charge in [0.15, 0.2) is 0 Å². The van der Waals surface area contributed by atoms with E-state index >= 15 is 0 Å². The topological polar surface area (TPSA) is 15.3 Å². The molecule has 3 heteroatoms. The molecule has 1 aromatic rings. The van der Waals surface area contributed by atoms with Crippen LogP contribution in [0.1, 0.15) is 39.2 Å². The van der Waals surface area contributed by atoms with Crippen molar-refractivity contribution in [1.29, 1.82) is 0 Å². The summed E-state index contributed by atoms with van der Waals surface area (Å²) in [7, 11) is 0. The number of rotatable bonds is 4. The maximum Gasteiger partial charge on any atom is 0.0406 e. The van der Waals surface area contributed by atoms with Crippen LogP contribution < -0.4 is 5.32 Å². The van der Waals surface area contributed by atoms with Crippen molar-refractivity contribution in [2.24, 2.45) is 0 Å². The van der Waals surface area contributed by atoms with Gasteiger partial charge < -0.3 is 5.32 Å². The van der Waals surface area contributed by atoms with Crippen molar-refractivity contribution in [3.63, 3.8) is 0 Å². The lowest BCUT2D eigenvalue weighted by molar-refractivity contribution is 0.226. The molecule has 106 valence electrons. The van der Waals surface area contributed by atoms with Gasteiger partial charge in [-0.05, 0) is 57.9 Å². The fourth-order valence-electron chi connectivity index (χ4n) is 2.58. The Hall–Kier alpha value is -0.570. The molecule has 0 radical (unpaired) electrons. The lowest BCUT2D eigenvalue weighted by Crippen LogP contribution is -2.44. The Balaban J connectivity index is 1.90. The highest BCUT2D eigenvalue weighted by atomic mass is 35.5. The fourth-order valence-corrected chi connectivity index (χ4v) is 2.71. The molecule has 0 aromatic heterocycles. The van der Waals surface area contributed by atoms with E-state index in [-0.39, 0.29) is 5.54 Å². The Kier molecular flexibility index (Phi) is 4.88. The van der Waals surface area contributed by atoms with Gasteiger partial charge in [-0.15, -0.1) is 0 Å². The Bertz CT molecular complexity index is 394. The van der Waals surface area contributed by atoms with Gasteiger partial charge in [0.1, 0.15) is 0 Å². The minimum Gasteiger partial charge on any atom is -0.311 e. The average molecular weight is 281 g/mol. The summed E-state index contributed by atoms with van der Waals surface area (Å²) in [6.45, 7) is 10.0. The van der Waals surface area contributed by atoms with Gasteiger partial charge in [-0.1, -0.05) is 23.7 Å². The summed E-state index contributed by atoms with van der Waals surface area (Å²) in [6, 6.07) is 8.89. The van der Waals surface area contributed by atoms with Crippen molar-refractivity contribution >= 4 is 11.6 Å². The summed E-state index contributed by atoms with van der Waals surface area (Å²) in [5, 5.41) is 4.44. The van der Waals surface area contributed by atoms with Gasteiger partial charge in [-0.2, -0.15) is 0 Å². The summed E-state index contributed by atoms with van der Waals surface area (Å²) in [4.78, 5) is 2.59. The third-order valence-electron chi connectivity index (χ3n) is 3.67. The predicted octanol–water partition coefficient (Wildman–Crippen LogP) is 3.69. The van der Waals surface area contributed by atoms with Crippen LogP contribution in [0.3, 0.4) is 0 Å². The highest BCUT2D eigenvalue weighted by molar-refractivity contribution is 6.30. The van der Waals surface area contributed by atoms with Crippen molar-refractivity contribution in [3.05, 3.63) is 34.9 Å². The van der Waals surface area contributed by atoms with E-state index in [0.29, 0.717) is 6.04 Å². The van der Waals surface area contributed by atoms with Gasteiger partial charge in [0.05, 0.1) is 0 Å². The summed E-state index contributed by atoms with van der Waals surface area (Å²) < 4.78 is 0. The van der Waals surface area contributed by atoms with Gasteiger partial charge in [0.2, 0.25) is 0 Å². The summed E-state index contributed by atoms with van der Waals surface area (Å²) in [5.74, 6) is 0. The standard InChI is InChI=1S/C16H25ClN2/c1-16(2,3)18-11-15-5-4-10-19(15)12-13-6-8-14(17)9-7-13/h6-9,15,18H,4-5,10-12H2,1-3H3. The van der Waals surface area contributed by atoms with Crippen LogP contribution in [0.5, 0.6) is 0 Å². The third kappa shape index (κ3) is 4.79. The Labute approximate surface area is 122 Å². The molecule has 0 spiro atoms. The second-order valence-electron chi connectivity index (χ2n) is 6.52. The van der Waals surface area contributed by atoms with E-state index in [1.54, 1.807) is 0 Å². The number of hydrogen-bond donors (Lipinski definition) is 1. The maximum atomic E-state index is 5.93. The Morgan fingerprint density at radius 2 is 1.95 bits per heavy atom. The van der Waals surface area contributed by atoms with Crippen LogP contribution in [0.25, 0.3) is 0 Å². The molecule has 0 saturated carbocycles. The Morgan fingerprint density at radius 1 is 1.26 bits per heavy atom. The van der Waals surface area contributed by atoms with Crippen LogP contribution in [0.2, 0.25) is 5.02 Å². The molecule has 1 unspecified atom stereocenters.